The lowest BCUT2D eigenvalue weighted by Gasteiger charge is -2.41. The van der Waals surface area contributed by atoms with Crippen LogP contribution in [0, 0.1) is 5.82 Å². The SMILES string of the molecule is CN1C(=O)[C@]2(c3cc(F)ccc31)N(C)C[C@H](c1ccco1)[C@@]21SC(=S)N(Cc2ccco2)C1=O. The van der Waals surface area contributed by atoms with Gasteiger partial charge in [-0.05, 0) is 49.5 Å². The Labute approximate surface area is 204 Å². The molecule has 2 aromatic heterocycles. The topological polar surface area (TPSA) is 70.1 Å². The van der Waals surface area contributed by atoms with Crippen molar-refractivity contribution in [3.8, 4) is 0 Å². The highest BCUT2D eigenvalue weighted by atomic mass is 32.2. The monoisotopic (exact) mass is 497 g/mol. The Morgan fingerprint density at radius 2 is 1.88 bits per heavy atom. The molecule has 0 bridgehead atoms. The first-order valence-electron chi connectivity index (χ1n) is 10.7. The molecule has 3 aliphatic heterocycles. The lowest BCUT2D eigenvalue weighted by molar-refractivity contribution is -0.139. The summed E-state index contributed by atoms with van der Waals surface area (Å²) in [5.41, 5.74) is -0.443. The van der Waals surface area contributed by atoms with Crippen molar-refractivity contribution in [2.24, 2.45) is 0 Å². The molecule has 2 amide bonds. The predicted molar refractivity (Wildman–Crippen MR) is 128 cm³/mol. The van der Waals surface area contributed by atoms with Crippen LogP contribution in [-0.2, 0) is 21.7 Å². The molecule has 0 saturated carbocycles. The van der Waals surface area contributed by atoms with Crippen LogP contribution in [0.2, 0.25) is 0 Å². The molecular formula is C24H20FN3O4S2. The van der Waals surface area contributed by atoms with Crippen LogP contribution in [0.4, 0.5) is 10.1 Å². The molecule has 0 unspecified atom stereocenters. The molecule has 3 aromatic rings. The maximum absolute atomic E-state index is 14.6. The van der Waals surface area contributed by atoms with Gasteiger partial charge >= 0.3 is 0 Å². The lowest BCUT2D eigenvalue weighted by Crippen LogP contribution is -2.62. The summed E-state index contributed by atoms with van der Waals surface area (Å²) in [5.74, 6) is -0.443. The van der Waals surface area contributed by atoms with E-state index in [0.29, 0.717) is 33.6 Å². The molecule has 7 nitrogen and oxygen atoms in total. The molecule has 2 spiro atoms. The van der Waals surface area contributed by atoms with Crippen LogP contribution in [0.15, 0.2) is 63.8 Å². The van der Waals surface area contributed by atoms with E-state index in [9.17, 15) is 14.0 Å². The first kappa shape index (κ1) is 21.6. The minimum Gasteiger partial charge on any atom is -0.469 e. The van der Waals surface area contributed by atoms with Crippen molar-refractivity contribution in [2.45, 2.75) is 22.7 Å². The third kappa shape index (κ3) is 2.48. The van der Waals surface area contributed by atoms with E-state index in [2.05, 4.69) is 0 Å². The van der Waals surface area contributed by atoms with Crippen LogP contribution in [0.25, 0.3) is 0 Å². The van der Waals surface area contributed by atoms with Crippen molar-refractivity contribution in [1.29, 1.82) is 0 Å². The zero-order valence-electron chi connectivity index (χ0n) is 18.4. The van der Waals surface area contributed by atoms with Crippen molar-refractivity contribution < 1.29 is 22.8 Å². The molecule has 0 N–H and O–H groups in total. The van der Waals surface area contributed by atoms with E-state index in [1.54, 1.807) is 50.7 Å². The van der Waals surface area contributed by atoms with Gasteiger partial charge in [0, 0.05) is 24.8 Å². The Kier molecular flexibility index (Phi) is 4.61. The van der Waals surface area contributed by atoms with Crippen molar-refractivity contribution in [3.63, 3.8) is 0 Å². The number of carbonyl (C=O) groups is 2. The number of likely N-dealkylation sites (N-methyl/N-ethyl adjacent to an activating group) is 2. The first-order chi connectivity index (χ1) is 16.3. The van der Waals surface area contributed by atoms with Gasteiger partial charge in [-0.25, -0.2) is 4.39 Å². The maximum atomic E-state index is 14.6. The summed E-state index contributed by atoms with van der Waals surface area (Å²) in [6.45, 7) is 0.489. The van der Waals surface area contributed by atoms with Gasteiger partial charge in [-0.2, -0.15) is 0 Å². The minimum atomic E-state index is -1.47. The van der Waals surface area contributed by atoms with Gasteiger partial charge in [0.05, 0.1) is 25.0 Å². The van der Waals surface area contributed by atoms with Gasteiger partial charge in [0.1, 0.15) is 26.4 Å². The molecule has 0 radical (unpaired) electrons. The summed E-state index contributed by atoms with van der Waals surface area (Å²) < 4.78 is 24.8. The molecule has 10 heteroatoms. The Morgan fingerprint density at radius 1 is 1.12 bits per heavy atom. The Morgan fingerprint density at radius 3 is 2.59 bits per heavy atom. The third-order valence-corrected chi connectivity index (χ3v) is 9.14. The summed E-state index contributed by atoms with van der Waals surface area (Å²) in [6, 6.07) is 11.4. The number of thiocarbonyl (C=S) groups is 1. The van der Waals surface area contributed by atoms with Crippen molar-refractivity contribution >= 4 is 45.8 Å². The number of furan rings is 2. The lowest BCUT2D eigenvalue weighted by atomic mass is 9.73. The number of nitrogens with zero attached hydrogens (tertiary/aromatic N) is 3. The number of hydrogen-bond acceptors (Lipinski definition) is 7. The van der Waals surface area contributed by atoms with Gasteiger partial charge < -0.3 is 13.7 Å². The molecule has 2 fully saturated rings. The smallest absolute Gasteiger partial charge is 0.254 e. The normalized spacial score (nSPS) is 28.8. The number of likely N-dealkylation sites (tertiary alicyclic amines) is 1. The summed E-state index contributed by atoms with van der Waals surface area (Å²) in [5, 5.41) is 0. The molecule has 6 rings (SSSR count). The van der Waals surface area contributed by atoms with E-state index < -0.39 is 22.0 Å². The first-order valence-corrected chi connectivity index (χ1v) is 11.9. The minimum absolute atomic E-state index is 0.143. The average molecular weight is 498 g/mol. The standard InChI is InChI=1S/C24H20FN3O4S2/c1-26-13-17(19-6-4-10-32-19)24(21(30)28(22(33)34-24)12-15-5-3-9-31-15)23(26)16-11-14(25)7-8-18(16)27(2)20(23)29/h3-11,17H,12-13H2,1-2H3/t17-,23+,24+/m1/s1. The number of amides is 2. The van der Waals surface area contributed by atoms with E-state index in [4.69, 9.17) is 21.1 Å². The Balaban J connectivity index is 1.61. The van der Waals surface area contributed by atoms with E-state index >= 15 is 0 Å². The quantitative estimate of drug-likeness (QED) is 0.511. The number of fused-ring (bicyclic) bond motifs is 3. The van der Waals surface area contributed by atoms with Crippen LogP contribution >= 0.6 is 24.0 Å². The maximum Gasteiger partial charge on any atom is 0.254 e. The number of hydrogen-bond donors (Lipinski definition) is 0. The zero-order valence-corrected chi connectivity index (χ0v) is 20.0. The van der Waals surface area contributed by atoms with Crippen molar-refractivity contribution in [3.05, 3.63) is 77.9 Å². The van der Waals surface area contributed by atoms with E-state index in [1.807, 2.05) is 4.90 Å². The number of thioether (sulfide) groups is 1. The fraction of sp³-hybridized carbons (Fsp3) is 0.292. The molecule has 3 atom stereocenters. The molecular weight excluding hydrogens is 477 g/mol. The highest BCUT2D eigenvalue weighted by molar-refractivity contribution is 8.25. The second-order valence-electron chi connectivity index (χ2n) is 8.76. The number of anilines is 1. The highest BCUT2D eigenvalue weighted by Crippen LogP contribution is 2.66. The van der Waals surface area contributed by atoms with E-state index in [0.717, 1.165) is 0 Å². The number of carbonyl (C=O) groups excluding carboxylic acids is 2. The van der Waals surface area contributed by atoms with Gasteiger partial charge in [0.25, 0.3) is 5.91 Å². The second-order valence-corrected chi connectivity index (χ2v) is 10.6. The summed E-state index contributed by atoms with van der Waals surface area (Å²) in [7, 11) is 3.45. The van der Waals surface area contributed by atoms with Gasteiger partial charge in [0.15, 0.2) is 5.54 Å². The third-order valence-electron chi connectivity index (χ3n) is 7.19. The van der Waals surface area contributed by atoms with Crippen LogP contribution in [-0.4, -0.2) is 51.3 Å². The number of rotatable bonds is 3. The van der Waals surface area contributed by atoms with E-state index in [-0.39, 0.29) is 18.4 Å². The molecule has 2 saturated heterocycles. The van der Waals surface area contributed by atoms with Crippen LogP contribution in [0.5, 0.6) is 0 Å². The Hall–Kier alpha value is -2.95. The fourth-order valence-corrected chi connectivity index (χ4v) is 7.91. The second kappa shape index (κ2) is 7.27. The molecule has 34 heavy (non-hydrogen) atoms. The number of halogens is 1. The van der Waals surface area contributed by atoms with Crippen LogP contribution in [0.1, 0.15) is 23.0 Å². The zero-order chi connectivity index (χ0) is 23.8. The van der Waals surface area contributed by atoms with Gasteiger partial charge in [0.2, 0.25) is 5.91 Å². The fourth-order valence-electron chi connectivity index (χ4n) is 5.80. The summed E-state index contributed by atoms with van der Waals surface area (Å²) in [6.07, 6.45) is 3.08. The highest BCUT2D eigenvalue weighted by Gasteiger charge is 2.79. The molecule has 1 aromatic carbocycles. The Bertz CT molecular complexity index is 1330. The largest absolute Gasteiger partial charge is 0.469 e. The van der Waals surface area contributed by atoms with Crippen LogP contribution in [0.3, 0.4) is 0 Å². The summed E-state index contributed by atoms with van der Waals surface area (Å²) in [4.78, 5) is 33.5. The molecule has 3 aliphatic rings. The average Bonchev–Trinajstić information content (AvgIpc) is 3.61. The number of benzene rings is 1. The van der Waals surface area contributed by atoms with Crippen molar-refractivity contribution in [2.75, 3.05) is 25.5 Å². The van der Waals surface area contributed by atoms with Gasteiger partial charge in [-0.1, -0.05) is 24.0 Å². The van der Waals surface area contributed by atoms with E-state index in [1.165, 1.54) is 40.0 Å². The van der Waals surface area contributed by atoms with Crippen molar-refractivity contribution in [1.82, 2.24) is 9.80 Å². The molecule has 174 valence electrons. The predicted octanol–water partition coefficient (Wildman–Crippen LogP) is 3.71. The van der Waals surface area contributed by atoms with Gasteiger partial charge in [-0.15, -0.1) is 0 Å². The molecule has 0 aliphatic carbocycles. The van der Waals surface area contributed by atoms with Crippen LogP contribution < -0.4 is 4.90 Å². The van der Waals surface area contributed by atoms with Gasteiger partial charge in [-0.3, -0.25) is 19.4 Å². The summed E-state index contributed by atoms with van der Waals surface area (Å²) >= 11 is 6.90. The molecule has 5 heterocycles.